The van der Waals surface area contributed by atoms with Gasteiger partial charge in [0.25, 0.3) is 0 Å². The first-order valence-corrected chi connectivity index (χ1v) is 14.2. The monoisotopic (exact) mass is 621 g/mol. The van der Waals surface area contributed by atoms with Gasteiger partial charge in [-0.25, -0.2) is 4.68 Å². The molecule has 1 fully saturated rings. The van der Waals surface area contributed by atoms with E-state index < -0.39 is 42.1 Å². The van der Waals surface area contributed by atoms with Gasteiger partial charge in [-0.1, -0.05) is 12.1 Å². The normalized spacial score (nSPS) is 20.2. The smallest absolute Gasteiger partial charge is 0.486 e. The van der Waals surface area contributed by atoms with E-state index in [2.05, 4.69) is 14.6 Å². The van der Waals surface area contributed by atoms with Gasteiger partial charge in [0.05, 0.1) is 23.2 Å². The van der Waals surface area contributed by atoms with Crippen molar-refractivity contribution >= 4 is 11.9 Å². The van der Waals surface area contributed by atoms with Crippen LogP contribution in [0.25, 0.3) is 5.69 Å². The van der Waals surface area contributed by atoms with Crippen LogP contribution < -0.4 is 14.2 Å². The van der Waals surface area contributed by atoms with Gasteiger partial charge >= 0.3 is 18.4 Å². The van der Waals surface area contributed by atoms with Gasteiger partial charge in [0.1, 0.15) is 11.9 Å². The van der Waals surface area contributed by atoms with Crippen molar-refractivity contribution in [3.05, 3.63) is 65.0 Å². The third kappa shape index (κ3) is 5.64. The summed E-state index contributed by atoms with van der Waals surface area (Å²) in [7, 11) is 0. The number of halogens is 5. The quantitative estimate of drug-likeness (QED) is 0.332. The summed E-state index contributed by atoms with van der Waals surface area (Å²) in [6.07, 6.45) is -7.85. The number of fused-ring (bicyclic) bond motifs is 2. The van der Waals surface area contributed by atoms with E-state index >= 15 is 0 Å². The molecular formula is C30H28F5N3O6. The van der Waals surface area contributed by atoms with E-state index in [4.69, 9.17) is 4.74 Å². The Morgan fingerprint density at radius 3 is 2.50 bits per heavy atom. The van der Waals surface area contributed by atoms with Crippen molar-refractivity contribution in [2.45, 2.75) is 63.5 Å². The maximum Gasteiger partial charge on any atom is 0.586 e. The fraction of sp³-hybridized carbons (Fsp3) is 0.433. The molecule has 6 rings (SSSR count). The Morgan fingerprint density at radius 2 is 1.80 bits per heavy atom. The Kier molecular flexibility index (Phi) is 7.41. The second-order valence-corrected chi connectivity index (χ2v) is 11.1. The van der Waals surface area contributed by atoms with Gasteiger partial charge in [0.15, 0.2) is 17.2 Å². The average molecular weight is 622 g/mol. The molecule has 1 amide bonds. The maximum atomic E-state index is 14.2. The van der Waals surface area contributed by atoms with Crippen molar-refractivity contribution in [3.63, 3.8) is 0 Å². The van der Waals surface area contributed by atoms with E-state index in [1.807, 2.05) is 0 Å². The zero-order valence-electron chi connectivity index (χ0n) is 23.4. The van der Waals surface area contributed by atoms with Gasteiger partial charge in [-0.15, -0.1) is 8.78 Å². The number of hydrogen-bond donors (Lipinski definition) is 1. The minimum Gasteiger partial charge on any atom is -0.486 e. The molecule has 0 bridgehead atoms. The lowest BCUT2D eigenvalue weighted by Crippen LogP contribution is -2.43. The van der Waals surface area contributed by atoms with Crippen LogP contribution in [0.15, 0.2) is 42.5 Å². The first kappa shape index (κ1) is 29.7. The number of rotatable bonds is 6. The Labute approximate surface area is 248 Å². The highest BCUT2D eigenvalue weighted by Crippen LogP contribution is 2.44. The van der Waals surface area contributed by atoms with Crippen LogP contribution in [-0.4, -0.2) is 51.0 Å². The summed E-state index contributed by atoms with van der Waals surface area (Å²) in [5, 5.41) is 13.3. The van der Waals surface area contributed by atoms with Crippen molar-refractivity contribution in [2.75, 3.05) is 13.1 Å². The molecule has 1 saturated heterocycles. The van der Waals surface area contributed by atoms with Gasteiger partial charge in [0.2, 0.25) is 5.91 Å². The van der Waals surface area contributed by atoms with Crippen LogP contribution in [0.2, 0.25) is 0 Å². The Balaban J connectivity index is 1.30. The topological polar surface area (TPSA) is 103 Å². The highest BCUT2D eigenvalue weighted by atomic mass is 19.4. The second-order valence-electron chi connectivity index (χ2n) is 11.1. The summed E-state index contributed by atoms with van der Waals surface area (Å²) in [5.41, 5.74) is -0.179. The molecule has 3 aromatic rings. The first-order chi connectivity index (χ1) is 20.8. The number of carboxylic acid groups (broad SMARTS) is 1. The number of carbonyl (C=O) groups is 2. The minimum atomic E-state index is -4.75. The molecule has 2 aromatic carbocycles. The van der Waals surface area contributed by atoms with Crippen LogP contribution in [0.4, 0.5) is 22.0 Å². The third-order valence-electron chi connectivity index (χ3n) is 8.27. The standard InChI is InChI=1S/C30H28F5N3O6/c1-16(18-8-9-23-24(14-18)44-30(34,35)43-23)42-20-5-2-4-19(15-20)38-25-21(26(36-38)29(31,32)33)6-3-7-22(25)27(39)37-12-10-17(11-13-37)28(40)41/h2,4-5,8-9,14-17,22H,3,6-7,10-13H2,1H3,(H,40,41)/t16-,22-/m0/s1. The minimum absolute atomic E-state index is 0.0284. The molecule has 234 valence electrons. The maximum absolute atomic E-state index is 14.2. The number of alkyl halides is 5. The zero-order chi connectivity index (χ0) is 31.4. The molecule has 1 aromatic heterocycles. The van der Waals surface area contributed by atoms with E-state index in [1.54, 1.807) is 25.1 Å². The lowest BCUT2D eigenvalue weighted by atomic mass is 9.84. The fourth-order valence-corrected chi connectivity index (χ4v) is 6.10. The van der Waals surface area contributed by atoms with Crippen molar-refractivity contribution in [1.29, 1.82) is 0 Å². The van der Waals surface area contributed by atoms with E-state index in [0.29, 0.717) is 18.4 Å². The Bertz CT molecular complexity index is 1600. The molecule has 0 unspecified atom stereocenters. The van der Waals surface area contributed by atoms with E-state index in [1.165, 1.54) is 29.2 Å². The molecule has 2 atom stereocenters. The number of hydrogen-bond acceptors (Lipinski definition) is 6. The van der Waals surface area contributed by atoms with Crippen LogP contribution in [0.1, 0.15) is 67.1 Å². The second kappa shape index (κ2) is 11.0. The number of carboxylic acids is 1. The van der Waals surface area contributed by atoms with Crippen molar-refractivity contribution < 1.29 is 50.9 Å². The van der Waals surface area contributed by atoms with Gasteiger partial charge < -0.3 is 24.2 Å². The Hall–Kier alpha value is -4.36. The molecule has 14 heteroatoms. The van der Waals surface area contributed by atoms with Crippen molar-refractivity contribution in [2.24, 2.45) is 5.92 Å². The molecule has 2 aliphatic heterocycles. The Morgan fingerprint density at radius 1 is 1.07 bits per heavy atom. The molecule has 9 nitrogen and oxygen atoms in total. The SMILES string of the molecule is C[C@H](Oc1cccc(-n2nc(C(F)(F)F)c3c2[C@@H](C(=O)N2CCC(C(=O)O)CC2)CCC3)c1)c1ccc2c(c1)OC(F)(F)O2. The first-order valence-electron chi connectivity index (χ1n) is 14.2. The van der Waals surface area contributed by atoms with Gasteiger partial charge in [-0.2, -0.15) is 18.3 Å². The summed E-state index contributed by atoms with van der Waals surface area (Å²) in [4.78, 5) is 26.6. The number of nitrogens with zero attached hydrogens (tertiary/aromatic N) is 3. The van der Waals surface area contributed by atoms with Crippen LogP contribution in [0.3, 0.4) is 0 Å². The molecule has 0 radical (unpaired) electrons. The molecule has 0 spiro atoms. The number of aromatic nitrogens is 2. The average Bonchev–Trinajstić information content (AvgIpc) is 3.53. The van der Waals surface area contributed by atoms with Gasteiger partial charge in [-0.05, 0) is 68.9 Å². The van der Waals surface area contributed by atoms with E-state index in [-0.39, 0.29) is 72.5 Å². The predicted molar refractivity (Wildman–Crippen MR) is 143 cm³/mol. The number of benzene rings is 2. The van der Waals surface area contributed by atoms with Gasteiger partial charge in [0, 0.05) is 24.7 Å². The molecule has 3 aliphatic rings. The molecule has 0 saturated carbocycles. The van der Waals surface area contributed by atoms with Crippen molar-refractivity contribution in [3.8, 4) is 22.9 Å². The number of amides is 1. The summed E-state index contributed by atoms with van der Waals surface area (Å²) >= 11 is 0. The third-order valence-corrected chi connectivity index (χ3v) is 8.27. The fourth-order valence-electron chi connectivity index (χ4n) is 6.10. The summed E-state index contributed by atoms with van der Waals surface area (Å²) in [5.74, 6) is -2.73. The van der Waals surface area contributed by atoms with Crippen LogP contribution in [0.5, 0.6) is 17.2 Å². The zero-order valence-corrected chi connectivity index (χ0v) is 23.4. The summed E-state index contributed by atoms with van der Waals surface area (Å²) in [6.45, 7) is 2.09. The van der Waals surface area contributed by atoms with E-state index in [9.17, 15) is 36.6 Å². The number of piperidine rings is 1. The predicted octanol–water partition coefficient (Wildman–Crippen LogP) is 6.10. The molecule has 44 heavy (non-hydrogen) atoms. The highest BCUT2D eigenvalue weighted by molar-refractivity contribution is 5.84. The molecular weight excluding hydrogens is 593 g/mol. The van der Waals surface area contributed by atoms with Gasteiger partial charge in [-0.3, -0.25) is 9.59 Å². The molecule has 3 heterocycles. The molecule has 1 aliphatic carbocycles. The number of aliphatic carboxylic acids is 1. The van der Waals surface area contributed by atoms with Crippen LogP contribution >= 0.6 is 0 Å². The lowest BCUT2D eigenvalue weighted by Gasteiger charge is -2.34. The number of ether oxygens (including phenoxy) is 3. The van der Waals surface area contributed by atoms with Crippen LogP contribution in [0, 0.1) is 5.92 Å². The molecule has 1 N–H and O–H groups in total. The summed E-state index contributed by atoms with van der Waals surface area (Å²) in [6, 6.07) is 10.5. The van der Waals surface area contributed by atoms with Crippen LogP contribution in [-0.2, 0) is 22.2 Å². The lowest BCUT2D eigenvalue weighted by molar-refractivity contribution is -0.286. The number of likely N-dealkylation sites (tertiary alicyclic amines) is 1. The van der Waals surface area contributed by atoms with Crippen molar-refractivity contribution in [1.82, 2.24) is 14.7 Å². The largest absolute Gasteiger partial charge is 0.586 e. The summed E-state index contributed by atoms with van der Waals surface area (Å²) < 4.78 is 85.5. The number of carbonyl (C=O) groups excluding carboxylic acids is 1. The highest BCUT2D eigenvalue weighted by Gasteiger charge is 2.45. The van der Waals surface area contributed by atoms with E-state index in [0.717, 1.165) is 4.68 Å².